The number of carbonyl (C=O) groups is 1. The number of para-hydroxylation sites is 1. The van der Waals surface area contributed by atoms with Crippen LogP contribution in [0.1, 0.15) is 20.9 Å². The summed E-state index contributed by atoms with van der Waals surface area (Å²) in [6.07, 6.45) is 0. The Morgan fingerprint density at radius 2 is 1.75 bits per heavy atom. The molecule has 1 N–H and O–H groups in total. The van der Waals surface area contributed by atoms with Gasteiger partial charge in [-0.3, -0.25) is 4.79 Å². The van der Waals surface area contributed by atoms with Crippen molar-refractivity contribution in [2.45, 2.75) is 13.5 Å². The van der Waals surface area contributed by atoms with Gasteiger partial charge in [0, 0.05) is 10.4 Å². The smallest absolute Gasteiger partial charge is 0.251 e. The predicted molar refractivity (Wildman–Crippen MR) is 114 cm³/mol. The second-order valence-electron chi connectivity index (χ2n) is 6.13. The van der Waals surface area contributed by atoms with E-state index in [9.17, 15) is 4.79 Å². The molecule has 28 heavy (non-hydrogen) atoms. The average molecular weight is 407 g/mol. The molecule has 0 radical (unpaired) electrons. The quantitative estimate of drug-likeness (QED) is 0.433. The van der Waals surface area contributed by atoms with Gasteiger partial charge in [0.2, 0.25) is 0 Å². The molecular formula is C22H18N2O2S2. The van der Waals surface area contributed by atoms with Gasteiger partial charge in [0.25, 0.3) is 5.91 Å². The Kier molecular flexibility index (Phi) is 5.50. The Morgan fingerprint density at radius 1 is 1.00 bits per heavy atom. The number of aryl methyl sites for hydroxylation is 1. The molecule has 2 heterocycles. The first-order valence-electron chi connectivity index (χ1n) is 8.80. The number of hydrogen-bond donors (Lipinski definition) is 1. The van der Waals surface area contributed by atoms with Crippen molar-refractivity contribution in [2.75, 3.05) is 0 Å². The van der Waals surface area contributed by atoms with E-state index in [1.54, 1.807) is 46.9 Å². The lowest BCUT2D eigenvalue weighted by Gasteiger charge is -2.07. The molecule has 6 heteroatoms. The number of rotatable bonds is 6. The highest BCUT2D eigenvalue weighted by molar-refractivity contribution is 7.21. The number of hydrogen-bond acceptors (Lipinski definition) is 5. The SMILES string of the molecule is Cc1nc(-c2cccs2)sc1CNC(=O)c1ccc(Oc2ccccc2)cc1. The molecule has 0 fully saturated rings. The molecule has 0 saturated carbocycles. The van der Waals surface area contributed by atoms with E-state index < -0.39 is 0 Å². The van der Waals surface area contributed by atoms with Gasteiger partial charge in [-0.2, -0.15) is 0 Å². The molecule has 4 aromatic rings. The summed E-state index contributed by atoms with van der Waals surface area (Å²) in [7, 11) is 0. The molecule has 0 atom stereocenters. The van der Waals surface area contributed by atoms with Crippen molar-refractivity contribution >= 4 is 28.6 Å². The zero-order chi connectivity index (χ0) is 19.3. The Morgan fingerprint density at radius 3 is 2.46 bits per heavy atom. The van der Waals surface area contributed by atoms with E-state index in [0.29, 0.717) is 17.9 Å². The van der Waals surface area contributed by atoms with Gasteiger partial charge in [0.1, 0.15) is 16.5 Å². The van der Waals surface area contributed by atoms with Gasteiger partial charge < -0.3 is 10.1 Å². The minimum Gasteiger partial charge on any atom is -0.457 e. The summed E-state index contributed by atoms with van der Waals surface area (Å²) in [5, 5.41) is 6.02. The monoisotopic (exact) mass is 406 g/mol. The van der Waals surface area contributed by atoms with Gasteiger partial charge in [-0.05, 0) is 54.8 Å². The number of ether oxygens (including phenoxy) is 1. The maximum Gasteiger partial charge on any atom is 0.251 e. The third-order valence-corrected chi connectivity index (χ3v) is 6.33. The largest absolute Gasteiger partial charge is 0.457 e. The molecule has 4 rings (SSSR count). The van der Waals surface area contributed by atoms with Crippen LogP contribution in [0.3, 0.4) is 0 Å². The molecule has 2 aromatic carbocycles. The molecule has 140 valence electrons. The molecule has 1 amide bonds. The second-order valence-corrected chi connectivity index (χ2v) is 8.16. The number of nitrogens with one attached hydrogen (secondary N) is 1. The summed E-state index contributed by atoms with van der Waals surface area (Å²) in [6, 6.07) is 20.8. The number of carbonyl (C=O) groups excluding carboxylic acids is 1. The first-order valence-corrected chi connectivity index (χ1v) is 10.5. The highest BCUT2D eigenvalue weighted by Gasteiger charge is 2.12. The first kappa shape index (κ1) is 18.4. The fourth-order valence-corrected chi connectivity index (χ4v) is 4.46. The average Bonchev–Trinajstić information content (AvgIpc) is 3.37. The maximum absolute atomic E-state index is 12.5. The lowest BCUT2D eigenvalue weighted by molar-refractivity contribution is 0.0951. The molecule has 2 aromatic heterocycles. The van der Waals surface area contributed by atoms with Crippen LogP contribution in [-0.4, -0.2) is 10.9 Å². The van der Waals surface area contributed by atoms with Crippen LogP contribution < -0.4 is 10.1 Å². The summed E-state index contributed by atoms with van der Waals surface area (Å²) in [4.78, 5) is 19.3. The lowest BCUT2D eigenvalue weighted by atomic mass is 10.2. The Bertz CT molecular complexity index is 1060. The highest BCUT2D eigenvalue weighted by Crippen LogP contribution is 2.31. The minimum absolute atomic E-state index is 0.114. The molecule has 0 aliphatic carbocycles. The standard InChI is InChI=1S/C22H18N2O2S2/c1-15-20(28-22(24-15)19-8-5-13-27-19)14-23-21(25)16-9-11-18(12-10-16)26-17-6-3-2-4-7-17/h2-13H,14H2,1H3,(H,23,25). The van der Waals surface area contributed by atoms with Gasteiger partial charge in [0.05, 0.1) is 17.1 Å². The summed E-state index contributed by atoms with van der Waals surface area (Å²) < 4.78 is 5.76. The maximum atomic E-state index is 12.5. The third kappa shape index (κ3) is 4.30. The van der Waals surface area contributed by atoms with Crippen molar-refractivity contribution in [3.05, 3.63) is 88.2 Å². The lowest BCUT2D eigenvalue weighted by Crippen LogP contribution is -2.22. The van der Waals surface area contributed by atoms with Crippen LogP contribution >= 0.6 is 22.7 Å². The number of benzene rings is 2. The molecule has 0 unspecified atom stereocenters. The van der Waals surface area contributed by atoms with Gasteiger partial charge in [-0.15, -0.1) is 22.7 Å². The second kappa shape index (κ2) is 8.37. The van der Waals surface area contributed by atoms with Crippen LogP contribution in [0.5, 0.6) is 11.5 Å². The van der Waals surface area contributed by atoms with Crippen LogP contribution in [-0.2, 0) is 6.54 Å². The van der Waals surface area contributed by atoms with E-state index in [1.807, 2.05) is 48.7 Å². The zero-order valence-corrected chi connectivity index (χ0v) is 16.8. The van der Waals surface area contributed by atoms with E-state index >= 15 is 0 Å². The van der Waals surface area contributed by atoms with Crippen LogP contribution in [0.2, 0.25) is 0 Å². The first-order chi connectivity index (χ1) is 13.7. The summed E-state index contributed by atoms with van der Waals surface area (Å²) in [6.45, 7) is 2.45. The van der Waals surface area contributed by atoms with Crippen molar-refractivity contribution in [1.29, 1.82) is 0 Å². The van der Waals surface area contributed by atoms with Crippen LogP contribution in [0.4, 0.5) is 0 Å². The number of thiazole rings is 1. The van der Waals surface area contributed by atoms with Gasteiger partial charge in [-0.1, -0.05) is 24.3 Å². The molecular weight excluding hydrogens is 388 g/mol. The number of amides is 1. The topological polar surface area (TPSA) is 51.2 Å². The van der Waals surface area contributed by atoms with Crippen molar-refractivity contribution in [3.63, 3.8) is 0 Å². The van der Waals surface area contributed by atoms with Gasteiger partial charge >= 0.3 is 0 Å². The van der Waals surface area contributed by atoms with Crippen molar-refractivity contribution in [2.24, 2.45) is 0 Å². The van der Waals surface area contributed by atoms with E-state index in [-0.39, 0.29) is 5.91 Å². The van der Waals surface area contributed by atoms with E-state index in [2.05, 4.69) is 16.4 Å². The predicted octanol–water partition coefficient (Wildman–Crippen LogP) is 5.90. The van der Waals surface area contributed by atoms with E-state index in [1.165, 1.54) is 0 Å². The Balaban J connectivity index is 1.37. The summed E-state index contributed by atoms with van der Waals surface area (Å²) in [5.41, 5.74) is 1.56. The van der Waals surface area contributed by atoms with Crippen molar-refractivity contribution in [1.82, 2.24) is 10.3 Å². The zero-order valence-electron chi connectivity index (χ0n) is 15.2. The molecule has 4 nitrogen and oxygen atoms in total. The molecule has 0 aliphatic rings. The number of thiophene rings is 1. The van der Waals surface area contributed by atoms with E-state index in [0.717, 1.165) is 26.2 Å². The Hall–Kier alpha value is -2.96. The normalized spacial score (nSPS) is 10.6. The summed E-state index contributed by atoms with van der Waals surface area (Å²) >= 11 is 3.29. The van der Waals surface area contributed by atoms with Crippen LogP contribution in [0.15, 0.2) is 72.1 Å². The summed E-state index contributed by atoms with van der Waals surface area (Å²) in [5.74, 6) is 1.35. The molecule has 0 aliphatic heterocycles. The van der Waals surface area contributed by atoms with Gasteiger partial charge in [-0.25, -0.2) is 4.98 Å². The highest BCUT2D eigenvalue weighted by atomic mass is 32.1. The van der Waals surface area contributed by atoms with Gasteiger partial charge in [0.15, 0.2) is 0 Å². The number of nitrogens with zero attached hydrogens (tertiary/aromatic N) is 1. The molecule has 0 spiro atoms. The molecule has 0 saturated heterocycles. The van der Waals surface area contributed by atoms with Crippen LogP contribution in [0, 0.1) is 6.92 Å². The van der Waals surface area contributed by atoms with E-state index in [4.69, 9.17) is 4.74 Å². The van der Waals surface area contributed by atoms with Crippen LogP contribution in [0.25, 0.3) is 9.88 Å². The fourth-order valence-electron chi connectivity index (χ4n) is 2.66. The number of aromatic nitrogens is 1. The van der Waals surface area contributed by atoms with Crippen molar-refractivity contribution < 1.29 is 9.53 Å². The third-order valence-electron chi connectivity index (χ3n) is 4.13. The minimum atomic E-state index is -0.114. The van der Waals surface area contributed by atoms with Crippen molar-refractivity contribution in [3.8, 4) is 21.4 Å². The Labute approximate surface area is 171 Å². The fraction of sp³-hybridized carbons (Fsp3) is 0.0909. The molecule has 0 bridgehead atoms.